The molecule has 0 aliphatic carbocycles. The second-order valence-electron chi connectivity index (χ2n) is 6.79. The quantitative estimate of drug-likeness (QED) is 0.833. The van der Waals surface area contributed by atoms with Crippen LogP contribution >= 0.6 is 0 Å². The zero-order chi connectivity index (χ0) is 14.8. The first-order chi connectivity index (χ1) is 8.53. The van der Waals surface area contributed by atoms with Crippen molar-refractivity contribution in [2.45, 2.75) is 47.1 Å². The van der Waals surface area contributed by atoms with Crippen LogP contribution in [0.4, 0.5) is 5.69 Å². The molecule has 3 nitrogen and oxygen atoms in total. The van der Waals surface area contributed by atoms with Crippen molar-refractivity contribution < 1.29 is 9.53 Å². The van der Waals surface area contributed by atoms with Crippen molar-refractivity contribution in [3.05, 3.63) is 23.8 Å². The van der Waals surface area contributed by atoms with Crippen LogP contribution in [0, 0.1) is 5.41 Å². The highest BCUT2D eigenvalue weighted by Crippen LogP contribution is 2.28. The molecule has 19 heavy (non-hydrogen) atoms. The molecule has 0 amide bonds. The summed E-state index contributed by atoms with van der Waals surface area (Å²) in [6, 6.07) is 5.59. The van der Waals surface area contributed by atoms with E-state index in [0.717, 1.165) is 5.69 Å². The van der Waals surface area contributed by atoms with Crippen LogP contribution in [-0.4, -0.2) is 18.4 Å². The van der Waals surface area contributed by atoms with Gasteiger partial charge in [0.25, 0.3) is 0 Å². The summed E-state index contributed by atoms with van der Waals surface area (Å²) in [6.07, 6.45) is 0. The van der Waals surface area contributed by atoms with Crippen LogP contribution in [0.2, 0.25) is 0 Å². The Balaban J connectivity index is 3.20. The number of nitrogens with one attached hydrogen (secondary N) is 1. The summed E-state index contributed by atoms with van der Waals surface area (Å²) < 4.78 is 5.86. The Kier molecular flexibility index (Phi) is 4.28. The monoisotopic (exact) mass is 263 g/mol. The first-order valence-electron chi connectivity index (χ1n) is 6.59. The molecule has 0 atom stereocenters. The first-order valence-corrected chi connectivity index (χ1v) is 6.59. The third kappa shape index (κ3) is 4.58. The fourth-order valence-electron chi connectivity index (χ4n) is 1.72. The molecule has 0 unspecified atom stereocenters. The van der Waals surface area contributed by atoms with Gasteiger partial charge in [-0.2, -0.15) is 0 Å². The highest BCUT2D eigenvalue weighted by molar-refractivity contribution is 6.00. The number of carbonyl (C=O) groups is 1. The lowest BCUT2D eigenvalue weighted by Crippen LogP contribution is -2.24. The number of carbonyl (C=O) groups excluding carboxylic acids is 1. The van der Waals surface area contributed by atoms with Crippen LogP contribution in [0.3, 0.4) is 0 Å². The van der Waals surface area contributed by atoms with Crippen molar-refractivity contribution in [1.82, 2.24) is 0 Å². The molecule has 0 saturated carbocycles. The molecule has 0 aliphatic rings. The van der Waals surface area contributed by atoms with Crippen LogP contribution in [0.5, 0.6) is 5.75 Å². The van der Waals surface area contributed by atoms with Crippen molar-refractivity contribution in [2.24, 2.45) is 5.41 Å². The van der Waals surface area contributed by atoms with Gasteiger partial charge in [-0.3, -0.25) is 4.79 Å². The first kappa shape index (κ1) is 15.5. The number of ether oxygens (including phenoxy) is 1. The molecule has 1 N–H and O–H groups in total. The maximum absolute atomic E-state index is 12.4. The molecule has 1 rings (SSSR count). The van der Waals surface area contributed by atoms with E-state index in [0.29, 0.717) is 11.3 Å². The summed E-state index contributed by atoms with van der Waals surface area (Å²) in [5.41, 5.74) is 0.882. The predicted molar refractivity (Wildman–Crippen MR) is 80.2 cm³/mol. The van der Waals surface area contributed by atoms with E-state index in [9.17, 15) is 4.79 Å². The Bertz CT molecular complexity index is 465. The predicted octanol–water partition coefficient (Wildman–Crippen LogP) is 4.13. The molecule has 0 fully saturated rings. The lowest BCUT2D eigenvalue weighted by molar-refractivity contribution is 0.0856. The Hall–Kier alpha value is -1.51. The van der Waals surface area contributed by atoms with E-state index in [1.54, 1.807) is 0 Å². The molecule has 0 bridgehead atoms. The van der Waals surface area contributed by atoms with Crippen molar-refractivity contribution in [3.8, 4) is 5.75 Å². The summed E-state index contributed by atoms with van der Waals surface area (Å²) in [6.45, 7) is 11.7. The third-order valence-electron chi connectivity index (χ3n) is 2.56. The number of benzene rings is 1. The van der Waals surface area contributed by atoms with Crippen LogP contribution in [0.1, 0.15) is 51.9 Å². The van der Waals surface area contributed by atoms with E-state index in [4.69, 9.17) is 4.74 Å². The van der Waals surface area contributed by atoms with Crippen molar-refractivity contribution in [2.75, 3.05) is 12.4 Å². The molecule has 0 aliphatic heterocycles. The minimum absolute atomic E-state index is 0.114. The number of hydrogen-bond donors (Lipinski definition) is 1. The molecule has 3 heteroatoms. The fraction of sp³-hybridized carbons (Fsp3) is 0.562. The Labute approximate surface area is 116 Å². The average Bonchev–Trinajstić information content (AvgIpc) is 2.23. The number of Topliss-reactive ketones (excluding diaryl/α,β-unsaturated/α-hetero) is 1. The number of hydrogen-bond acceptors (Lipinski definition) is 3. The second-order valence-corrected chi connectivity index (χ2v) is 6.79. The molecule has 1 aromatic rings. The number of ketones is 1. The Morgan fingerprint density at radius 3 is 2.05 bits per heavy atom. The Morgan fingerprint density at radius 1 is 1.05 bits per heavy atom. The molecular formula is C16H25NO2. The van der Waals surface area contributed by atoms with E-state index in [1.165, 1.54) is 0 Å². The van der Waals surface area contributed by atoms with Gasteiger partial charge in [0.1, 0.15) is 11.4 Å². The minimum Gasteiger partial charge on any atom is -0.488 e. The molecule has 106 valence electrons. The zero-order valence-corrected chi connectivity index (χ0v) is 13.0. The second kappa shape index (κ2) is 5.24. The van der Waals surface area contributed by atoms with Gasteiger partial charge >= 0.3 is 0 Å². The van der Waals surface area contributed by atoms with Gasteiger partial charge in [-0.25, -0.2) is 0 Å². The molecule has 0 aromatic heterocycles. The summed E-state index contributed by atoms with van der Waals surface area (Å²) in [7, 11) is 1.83. The molecule has 1 aromatic carbocycles. The zero-order valence-electron chi connectivity index (χ0n) is 13.0. The van der Waals surface area contributed by atoms with Gasteiger partial charge < -0.3 is 10.1 Å². The van der Waals surface area contributed by atoms with E-state index in [1.807, 2.05) is 66.8 Å². The topological polar surface area (TPSA) is 38.3 Å². The minimum atomic E-state index is -0.397. The van der Waals surface area contributed by atoms with E-state index < -0.39 is 5.41 Å². The molecule has 0 saturated heterocycles. The third-order valence-corrected chi connectivity index (χ3v) is 2.56. The molecule has 0 heterocycles. The summed E-state index contributed by atoms with van der Waals surface area (Å²) >= 11 is 0. The van der Waals surface area contributed by atoms with Gasteiger partial charge in [-0.1, -0.05) is 20.8 Å². The van der Waals surface area contributed by atoms with Crippen LogP contribution in [-0.2, 0) is 0 Å². The van der Waals surface area contributed by atoms with Crippen molar-refractivity contribution >= 4 is 11.5 Å². The summed E-state index contributed by atoms with van der Waals surface area (Å²) in [5.74, 6) is 0.829. The highest BCUT2D eigenvalue weighted by Gasteiger charge is 2.24. The fourth-order valence-corrected chi connectivity index (χ4v) is 1.72. The number of anilines is 1. The van der Waals surface area contributed by atoms with Gasteiger partial charge in [0.05, 0.1) is 0 Å². The van der Waals surface area contributed by atoms with Gasteiger partial charge in [0.15, 0.2) is 5.78 Å². The molecule has 0 spiro atoms. The normalized spacial score (nSPS) is 12.2. The van der Waals surface area contributed by atoms with Gasteiger partial charge in [0, 0.05) is 29.8 Å². The highest BCUT2D eigenvalue weighted by atomic mass is 16.5. The van der Waals surface area contributed by atoms with E-state index in [-0.39, 0.29) is 11.4 Å². The maximum atomic E-state index is 12.4. The number of rotatable bonds is 3. The maximum Gasteiger partial charge on any atom is 0.168 e. The average molecular weight is 263 g/mol. The van der Waals surface area contributed by atoms with Crippen molar-refractivity contribution in [3.63, 3.8) is 0 Å². The van der Waals surface area contributed by atoms with Gasteiger partial charge in [-0.05, 0) is 32.9 Å². The lowest BCUT2D eigenvalue weighted by atomic mass is 9.86. The lowest BCUT2D eigenvalue weighted by Gasteiger charge is -2.23. The SMILES string of the molecule is CNc1cc(OC(C)(C)C)cc(C(=O)C(C)(C)C)c1. The van der Waals surface area contributed by atoms with Crippen LogP contribution in [0.25, 0.3) is 0 Å². The Morgan fingerprint density at radius 2 is 1.63 bits per heavy atom. The van der Waals surface area contributed by atoms with Crippen LogP contribution < -0.4 is 10.1 Å². The van der Waals surface area contributed by atoms with Crippen LogP contribution in [0.15, 0.2) is 18.2 Å². The van der Waals surface area contributed by atoms with Gasteiger partial charge in [-0.15, -0.1) is 0 Å². The standard InChI is InChI=1S/C16H25NO2/c1-15(2,3)14(18)11-8-12(17-7)10-13(9-11)19-16(4,5)6/h8-10,17H,1-7H3. The summed E-state index contributed by atoms with van der Waals surface area (Å²) in [4.78, 5) is 12.4. The van der Waals surface area contributed by atoms with E-state index >= 15 is 0 Å². The summed E-state index contributed by atoms with van der Waals surface area (Å²) in [5, 5.41) is 3.07. The van der Waals surface area contributed by atoms with E-state index in [2.05, 4.69) is 5.32 Å². The molecular weight excluding hydrogens is 238 g/mol. The largest absolute Gasteiger partial charge is 0.488 e. The molecule has 0 radical (unpaired) electrons. The van der Waals surface area contributed by atoms with Gasteiger partial charge in [0.2, 0.25) is 0 Å². The van der Waals surface area contributed by atoms with Crippen molar-refractivity contribution in [1.29, 1.82) is 0 Å². The smallest absolute Gasteiger partial charge is 0.168 e.